The summed E-state index contributed by atoms with van der Waals surface area (Å²) in [6.45, 7) is 4.20. The number of hydrogen-bond donors (Lipinski definition) is 0. The van der Waals surface area contributed by atoms with Crippen LogP contribution in [0, 0.1) is 11.7 Å². The lowest BCUT2D eigenvalue weighted by molar-refractivity contribution is -0.144. The van der Waals surface area contributed by atoms with Crippen LogP contribution in [0.15, 0.2) is 24.3 Å². The van der Waals surface area contributed by atoms with Crippen molar-refractivity contribution >= 4 is 11.8 Å². The smallest absolute Gasteiger partial charge is 0.242 e. The molecule has 2 aliphatic rings. The number of benzene rings is 1. The lowest BCUT2D eigenvalue weighted by atomic mass is 10.2. The molecule has 0 N–H and O–H groups in total. The second-order valence-corrected chi connectivity index (χ2v) is 5.64. The molecule has 0 radical (unpaired) electrons. The second-order valence-electron chi connectivity index (χ2n) is 5.64. The lowest BCUT2D eigenvalue weighted by Gasteiger charge is -2.33. The van der Waals surface area contributed by atoms with Gasteiger partial charge in [0, 0.05) is 19.4 Å². The fourth-order valence-electron chi connectivity index (χ4n) is 3.17. The van der Waals surface area contributed by atoms with Gasteiger partial charge in [0.05, 0.1) is 12.1 Å². The summed E-state index contributed by atoms with van der Waals surface area (Å²) in [6, 6.07) is 6.44. The van der Waals surface area contributed by atoms with Crippen molar-refractivity contribution in [2.24, 2.45) is 5.92 Å². The number of hydrogen-bond acceptors (Lipinski definition) is 2. The third kappa shape index (κ3) is 2.07. The first kappa shape index (κ1) is 13.1. The Hall–Kier alpha value is -1.91. The fourth-order valence-corrected chi connectivity index (χ4v) is 3.17. The van der Waals surface area contributed by atoms with Gasteiger partial charge in [0.25, 0.3) is 0 Å². The number of fused-ring (bicyclic) bond motifs is 1. The molecule has 20 heavy (non-hydrogen) atoms. The van der Waals surface area contributed by atoms with Gasteiger partial charge in [0.2, 0.25) is 11.8 Å². The highest BCUT2D eigenvalue weighted by Gasteiger charge is 2.59. The zero-order chi connectivity index (χ0) is 14.4. The standard InChI is InChI=1S/C15H17FN2O2/c1-9-14-15(9)18(13(20)8-17(14)10(2)19)7-11-3-5-12(16)6-4-11/h3-6,9,14-15H,7-8H2,1-2H3/t9?,14?,15-/m1/s1. The summed E-state index contributed by atoms with van der Waals surface area (Å²) >= 11 is 0. The predicted octanol–water partition coefficient (Wildman–Crippen LogP) is 1.40. The Morgan fingerprint density at radius 1 is 1.30 bits per heavy atom. The van der Waals surface area contributed by atoms with E-state index in [2.05, 4.69) is 6.92 Å². The van der Waals surface area contributed by atoms with Crippen molar-refractivity contribution in [2.45, 2.75) is 32.5 Å². The molecule has 3 rings (SSSR count). The van der Waals surface area contributed by atoms with Crippen LogP contribution < -0.4 is 0 Å². The van der Waals surface area contributed by atoms with E-state index >= 15 is 0 Å². The van der Waals surface area contributed by atoms with Crippen molar-refractivity contribution < 1.29 is 14.0 Å². The van der Waals surface area contributed by atoms with Gasteiger partial charge < -0.3 is 9.80 Å². The zero-order valence-electron chi connectivity index (χ0n) is 11.5. The van der Waals surface area contributed by atoms with Crippen LogP contribution in [0.3, 0.4) is 0 Å². The van der Waals surface area contributed by atoms with Gasteiger partial charge >= 0.3 is 0 Å². The number of amides is 2. The van der Waals surface area contributed by atoms with Gasteiger partial charge in [-0.1, -0.05) is 19.1 Å². The van der Waals surface area contributed by atoms with Crippen molar-refractivity contribution in [3.8, 4) is 0 Å². The molecule has 1 saturated carbocycles. The van der Waals surface area contributed by atoms with Crippen LogP contribution >= 0.6 is 0 Å². The summed E-state index contributed by atoms with van der Waals surface area (Å²) < 4.78 is 12.9. The van der Waals surface area contributed by atoms with Gasteiger partial charge in [0.1, 0.15) is 12.4 Å². The van der Waals surface area contributed by atoms with Gasteiger partial charge in [0.15, 0.2) is 0 Å². The van der Waals surface area contributed by atoms with E-state index < -0.39 is 0 Å². The first-order chi connectivity index (χ1) is 9.49. The second kappa shape index (κ2) is 4.58. The van der Waals surface area contributed by atoms with Crippen LogP contribution in [0.1, 0.15) is 19.4 Å². The molecule has 1 aromatic rings. The number of nitrogens with zero attached hydrogens (tertiary/aromatic N) is 2. The molecule has 106 valence electrons. The Bertz CT molecular complexity index is 557. The molecule has 5 heteroatoms. The summed E-state index contributed by atoms with van der Waals surface area (Å²) in [7, 11) is 0. The molecule has 2 fully saturated rings. The molecule has 1 heterocycles. The van der Waals surface area contributed by atoms with E-state index in [4.69, 9.17) is 0 Å². The Morgan fingerprint density at radius 2 is 1.95 bits per heavy atom. The maximum Gasteiger partial charge on any atom is 0.242 e. The van der Waals surface area contributed by atoms with Crippen LogP contribution in [-0.4, -0.2) is 40.2 Å². The van der Waals surface area contributed by atoms with Gasteiger partial charge in [-0.2, -0.15) is 0 Å². The van der Waals surface area contributed by atoms with Crippen LogP contribution in [0.25, 0.3) is 0 Å². The summed E-state index contributed by atoms with van der Waals surface area (Å²) in [4.78, 5) is 27.3. The zero-order valence-corrected chi connectivity index (χ0v) is 11.5. The highest BCUT2D eigenvalue weighted by molar-refractivity contribution is 5.87. The predicted molar refractivity (Wildman–Crippen MR) is 71.1 cm³/mol. The van der Waals surface area contributed by atoms with Crippen LogP contribution in [-0.2, 0) is 16.1 Å². The highest BCUT2D eigenvalue weighted by atomic mass is 19.1. The third-order valence-electron chi connectivity index (χ3n) is 4.30. The Morgan fingerprint density at radius 3 is 2.55 bits per heavy atom. The molecule has 4 nitrogen and oxygen atoms in total. The topological polar surface area (TPSA) is 40.6 Å². The third-order valence-corrected chi connectivity index (χ3v) is 4.30. The van der Waals surface area contributed by atoms with E-state index in [1.165, 1.54) is 19.1 Å². The number of halogens is 1. The molecule has 0 spiro atoms. The maximum absolute atomic E-state index is 12.9. The lowest BCUT2D eigenvalue weighted by Crippen LogP contribution is -2.51. The first-order valence-electron chi connectivity index (χ1n) is 6.80. The minimum atomic E-state index is -0.279. The molecular formula is C15H17FN2O2. The Balaban J connectivity index is 1.77. The number of rotatable bonds is 2. The quantitative estimate of drug-likeness (QED) is 0.819. The molecule has 1 saturated heterocycles. The van der Waals surface area contributed by atoms with Crippen molar-refractivity contribution in [3.05, 3.63) is 35.6 Å². The van der Waals surface area contributed by atoms with Gasteiger partial charge in [-0.25, -0.2) is 4.39 Å². The average Bonchev–Trinajstić information content (AvgIpc) is 3.06. The number of carbonyl (C=O) groups is 2. The van der Waals surface area contributed by atoms with Crippen LogP contribution in [0.2, 0.25) is 0 Å². The first-order valence-corrected chi connectivity index (χ1v) is 6.80. The van der Waals surface area contributed by atoms with E-state index in [-0.39, 0.29) is 36.3 Å². The van der Waals surface area contributed by atoms with Gasteiger partial charge in [-0.05, 0) is 17.7 Å². The van der Waals surface area contributed by atoms with Crippen molar-refractivity contribution in [2.75, 3.05) is 6.54 Å². The molecule has 3 atom stereocenters. The molecule has 2 amide bonds. The van der Waals surface area contributed by atoms with Gasteiger partial charge in [-0.15, -0.1) is 0 Å². The minimum absolute atomic E-state index is 0.0323. The Kier molecular flexibility index (Phi) is 3.00. The number of piperazine rings is 1. The molecule has 2 unspecified atom stereocenters. The van der Waals surface area contributed by atoms with E-state index in [1.54, 1.807) is 17.0 Å². The molecule has 0 bridgehead atoms. The molecule has 1 aromatic carbocycles. The number of carbonyl (C=O) groups excluding carboxylic acids is 2. The fraction of sp³-hybridized carbons (Fsp3) is 0.467. The van der Waals surface area contributed by atoms with E-state index in [9.17, 15) is 14.0 Å². The highest BCUT2D eigenvalue weighted by Crippen LogP contribution is 2.43. The summed E-state index contributed by atoms with van der Waals surface area (Å²) in [5, 5.41) is 0. The molecule has 0 aromatic heterocycles. The summed E-state index contributed by atoms with van der Waals surface area (Å²) in [6.07, 6.45) is 0. The largest absolute Gasteiger partial charge is 0.331 e. The van der Waals surface area contributed by atoms with Gasteiger partial charge in [-0.3, -0.25) is 9.59 Å². The summed E-state index contributed by atoms with van der Waals surface area (Å²) in [5.74, 6) is -0.0424. The molecule has 1 aliphatic heterocycles. The minimum Gasteiger partial charge on any atom is -0.331 e. The van der Waals surface area contributed by atoms with E-state index in [0.717, 1.165) is 5.56 Å². The summed E-state index contributed by atoms with van der Waals surface area (Å²) in [5.41, 5.74) is 0.911. The van der Waals surface area contributed by atoms with Crippen molar-refractivity contribution in [3.63, 3.8) is 0 Å². The maximum atomic E-state index is 12.9. The van der Waals surface area contributed by atoms with Crippen LogP contribution in [0.4, 0.5) is 4.39 Å². The monoisotopic (exact) mass is 276 g/mol. The molecular weight excluding hydrogens is 259 g/mol. The van der Waals surface area contributed by atoms with E-state index in [0.29, 0.717) is 12.5 Å². The van der Waals surface area contributed by atoms with Crippen LogP contribution in [0.5, 0.6) is 0 Å². The Labute approximate surface area is 117 Å². The van der Waals surface area contributed by atoms with Crippen molar-refractivity contribution in [1.29, 1.82) is 0 Å². The molecule has 1 aliphatic carbocycles. The van der Waals surface area contributed by atoms with Crippen molar-refractivity contribution in [1.82, 2.24) is 9.80 Å². The normalized spacial score (nSPS) is 28.4. The van der Waals surface area contributed by atoms with E-state index in [1.807, 2.05) is 4.90 Å². The average molecular weight is 276 g/mol. The SMILES string of the molecule is CC(=O)N1CC(=O)N(Cc2ccc(F)cc2)[C@@H]2C(C)C21.